The Labute approximate surface area is 61.8 Å². The zero-order valence-corrected chi connectivity index (χ0v) is 6.10. The molecule has 54 valence electrons. The fourth-order valence-corrected chi connectivity index (χ4v) is 1.33. The van der Waals surface area contributed by atoms with E-state index in [0.29, 0.717) is 12.2 Å². The number of ketones is 1. The summed E-state index contributed by atoms with van der Waals surface area (Å²) in [6, 6.07) is 0. The number of Topliss-reactive ketones (excluding diaryl/α,β-unsaturated/α-hetero) is 1. The van der Waals surface area contributed by atoms with Crippen molar-refractivity contribution in [2.24, 2.45) is 5.92 Å². The summed E-state index contributed by atoms with van der Waals surface area (Å²) in [4.78, 5) is 11.0. The van der Waals surface area contributed by atoms with Gasteiger partial charge in [-0.1, -0.05) is 6.42 Å². The van der Waals surface area contributed by atoms with Gasteiger partial charge in [-0.05, 0) is 12.8 Å². The largest absolute Gasteiger partial charge is 0.300 e. The molecule has 0 N–H and O–H groups in total. The number of hydrogen-bond acceptors (Lipinski definition) is 1. The van der Waals surface area contributed by atoms with Crippen LogP contribution in [0.5, 0.6) is 0 Å². The van der Waals surface area contributed by atoms with Crippen molar-refractivity contribution in [3.63, 3.8) is 0 Å². The lowest BCUT2D eigenvalue weighted by atomic mass is 10.0. The molecule has 0 radical (unpaired) electrons. The van der Waals surface area contributed by atoms with E-state index in [4.69, 9.17) is 6.42 Å². The molecule has 1 aliphatic carbocycles. The van der Waals surface area contributed by atoms with Gasteiger partial charge < -0.3 is 0 Å². The summed E-state index contributed by atoms with van der Waals surface area (Å²) >= 11 is 0. The molecule has 0 aromatic rings. The molecule has 0 bridgehead atoms. The third kappa shape index (κ3) is 1.88. The van der Waals surface area contributed by atoms with Crippen LogP contribution in [0.25, 0.3) is 0 Å². The van der Waals surface area contributed by atoms with E-state index in [1.165, 1.54) is 0 Å². The highest BCUT2D eigenvalue weighted by atomic mass is 16.1. The highest BCUT2D eigenvalue weighted by molar-refractivity contribution is 5.79. The number of carbonyl (C=O) groups is 1. The summed E-state index contributed by atoms with van der Waals surface area (Å²) in [7, 11) is 0. The van der Waals surface area contributed by atoms with E-state index in [1.807, 2.05) is 0 Å². The molecule has 0 aliphatic heterocycles. The first-order valence-electron chi connectivity index (χ1n) is 3.81. The van der Waals surface area contributed by atoms with Crippen molar-refractivity contribution in [3.8, 4) is 12.3 Å². The van der Waals surface area contributed by atoms with Gasteiger partial charge in [-0.2, -0.15) is 0 Å². The van der Waals surface area contributed by atoms with Crippen LogP contribution in [0.2, 0.25) is 0 Å². The number of rotatable bonds is 0. The maximum Gasteiger partial charge on any atom is 0.134 e. The van der Waals surface area contributed by atoms with Gasteiger partial charge in [0.15, 0.2) is 0 Å². The molecule has 10 heavy (non-hydrogen) atoms. The molecule has 0 heterocycles. The van der Waals surface area contributed by atoms with Gasteiger partial charge in [0.2, 0.25) is 0 Å². The summed E-state index contributed by atoms with van der Waals surface area (Å²) in [5.41, 5.74) is 0. The minimum Gasteiger partial charge on any atom is -0.300 e. The molecule has 1 unspecified atom stereocenters. The molecule has 1 saturated carbocycles. The van der Waals surface area contributed by atoms with E-state index in [-0.39, 0.29) is 5.92 Å². The maximum absolute atomic E-state index is 11.0. The number of terminal acetylenes is 1. The smallest absolute Gasteiger partial charge is 0.134 e. The van der Waals surface area contributed by atoms with Crippen molar-refractivity contribution in [1.82, 2.24) is 0 Å². The maximum atomic E-state index is 11.0. The molecule has 1 rings (SSSR count). The Morgan fingerprint density at radius 3 is 3.00 bits per heavy atom. The molecule has 1 heteroatoms. The Morgan fingerprint density at radius 2 is 2.30 bits per heavy atom. The Hall–Kier alpha value is -0.770. The molecule has 0 aromatic heterocycles. The molecule has 1 nitrogen and oxygen atoms in total. The Bertz CT molecular complexity index is 164. The predicted octanol–water partition coefficient (Wildman–Crippen LogP) is 1.77. The summed E-state index contributed by atoms with van der Waals surface area (Å²) < 4.78 is 0. The Balaban J connectivity index is 2.47. The van der Waals surface area contributed by atoms with E-state index in [9.17, 15) is 4.79 Å². The van der Waals surface area contributed by atoms with Gasteiger partial charge >= 0.3 is 0 Å². The van der Waals surface area contributed by atoms with Crippen molar-refractivity contribution in [2.75, 3.05) is 0 Å². The second-order valence-electron chi connectivity index (χ2n) is 2.85. The SMILES string of the molecule is C#CC1CCCCC(=O)C1. The second-order valence-corrected chi connectivity index (χ2v) is 2.85. The topological polar surface area (TPSA) is 17.1 Å². The first-order valence-corrected chi connectivity index (χ1v) is 3.81. The second kappa shape index (κ2) is 3.41. The van der Waals surface area contributed by atoms with E-state index in [0.717, 1.165) is 25.7 Å². The van der Waals surface area contributed by atoms with Crippen LogP contribution < -0.4 is 0 Å². The highest BCUT2D eigenvalue weighted by Gasteiger charge is 2.14. The van der Waals surface area contributed by atoms with Gasteiger partial charge in [0.05, 0.1) is 0 Å². The lowest BCUT2D eigenvalue weighted by molar-refractivity contribution is -0.119. The minimum absolute atomic E-state index is 0.231. The van der Waals surface area contributed by atoms with Crippen molar-refractivity contribution < 1.29 is 4.79 Å². The van der Waals surface area contributed by atoms with Crippen LogP contribution in [-0.4, -0.2) is 5.78 Å². The van der Waals surface area contributed by atoms with Crippen LogP contribution in [0.1, 0.15) is 32.1 Å². The van der Waals surface area contributed by atoms with Gasteiger partial charge in [-0.3, -0.25) is 4.79 Å². The molecule has 0 spiro atoms. The fraction of sp³-hybridized carbons (Fsp3) is 0.667. The minimum atomic E-state index is 0.231. The zero-order chi connectivity index (χ0) is 7.40. The quantitative estimate of drug-likeness (QED) is 0.366. The monoisotopic (exact) mass is 136 g/mol. The van der Waals surface area contributed by atoms with Gasteiger partial charge in [0, 0.05) is 18.8 Å². The Kier molecular flexibility index (Phi) is 2.50. The zero-order valence-electron chi connectivity index (χ0n) is 6.10. The van der Waals surface area contributed by atoms with Crippen LogP contribution in [0.4, 0.5) is 0 Å². The molecule has 0 aromatic carbocycles. The number of carbonyl (C=O) groups excluding carboxylic acids is 1. The normalized spacial score (nSPS) is 27.1. The summed E-state index contributed by atoms with van der Waals surface area (Å²) in [5.74, 6) is 3.23. The van der Waals surface area contributed by atoms with Crippen LogP contribution in [-0.2, 0) is 4.79 Å². The molecule has 1 atom stereocenters. The fourth-order valence-electron chi connectivity index (χ4n) is 1.33. The first-order chi connectivity index (χ1) is 4.83. The third-order valence-electron chi connectivity index (χ3n) is 1.97. The van der Waals surface area contributed by atoms with Gasteiger partial charge in [-0.15, -0.1) is 12.3 Å². The van der Waals surface area contributed by atoms with Crippen molar-refractivity contribution in [2.45, 2.75) is 32.1 Å². The highest BCUT2D eigenvalue weighted by Crippen LogP contribution is 2.19. The molecule has 0 amide bonds. The average molecular weight is 136 g/mol. The molecule has 0 saturated heterocycles. The number of hydrogen-bond donors (Lipinski definition) is 0. The van der Waals surface area contributed by atoms with Crippen molar-refractivity contribution in [1.29, 1.82) is 0 Å². The van der Waals surface area contributed by atoms with Crippen molar-refractivity contribution in [3.05, 3.63) is 0 Å². The van der Waals surface area contributed by atoms with E-state index < -0.39 is 0 Å². The average Bonchev–Trinajstić information content (AvgIpc) is 2.13. The van der Waals surface area contributed by atoms with E-state index >= 15 is 0 Å². The van der Waals surface area contributed by atoms with Crippen LogP contribution in [0, 0.1) is 18.3 Å². The molecular formula is C9H12O. The predicted molar refractivity (Wildman–Crippen MR) is 40.4 cm³/mol. The van der Waals surface area contributed by atoms with Crippen LogP contribution in [0.15, 0.2) is 0 Å². The Morgan fingerprint density at radius 1 is 1.50 bits per heavy atom. The third-order valence-corrected chi connectivity index (χ3v) is 1.97. The summed E-state index contributed by atoms with van der Waals surface area (Å²) in [6.07, 6.45) is 9.81. The van der Waals surface area contributed by atoms with Crippen LogP contribution in [0.3, 0.4) is 0 Å². The van der Waals surface area contributed by atoms with Gasteiger partial charge in [-0.25, -0.2) is 0 Å². The van der Waals surface area contributed by atoms with E-state index in [2.05, 4.69) is 5.92 Å². The summed E-state index contributed by atoms with van der Waals surface area (Å²) in [5, 5.41) is 0. The standard InChI is InChI=1S/C9H12O/c1-2-8-5-3-4-6-9(10)7-8/h1,8H,3-7H2. The van der Waals surface area contributed by atoms with Crippen molar-refractivity contribution >= 4 is 5.78 Å². The van der Waals surface area contributed by atoms with E-state index in [1.54, 1.807) is 0 Å². The molecular weight excluding hydrogens is 124 g/mol. The first kappa shape index (κ1) is 7.34. The van der Waals surface area contributed by atoms with Gasteiger partial charge in [0.25, 0.3) is 0 Å². The molecule has 1 fully saturated rings. The van der Waals surface area contributed by atoms with Gasteiger partial charge in [0.1, 0.15) is 5.78 Å². The lowest BCUT2D eigenvalue weighted by Crippen LogP contribution is -2.01. The van der Waals surface area contributed by atoms with Crippen LogP contribution >= 0.6 is 0 Å². The lowest BCUT2D eigenvalue weighted by Gasteiger charge is -2.01. The molecule has 1 aliphatic rings. The summed E-state index contributed by atoms with van der Waals surface area (Å²) in [6.45, 7) is 0.